The number of nitrogens with one attached hydrogen (secondary N) is 2. The molecule has 0 aliphatic heterocycles. The summed E-state index contributed by atoms with van der Waals surface area (Å²) in [7, 11) is 0. The highest BCUT2D eigenvalue weighted by atomic mass is 79.9. The first-order chi connectivity index (χ1) is 12.4. The van der Waals surface area contributed by atoms with Crippen LogP contribution >= 0.6 is 15.9 Å². The molecule has 0 atom stereocenters. The molecule has 1 aromatic heterocycles. The molecule has 0 fully saturated rings. The van der Waals surface area contributed by atoms with Crippen molar-refractivity contribution in [3.05, 3.63) is 78.8 Å². The second kappa shape index (κ2) is 7.23. The van der Waals surface area contributed by atoms with E-state index in [4.69, 9.17) is 0 Å². The summed E-state index contributed by atoms with van der Waals surface area (Å²) in [6.45, 7) is 0. The molecule has 0 saturated heterocycles. The highest BCUT2D eigenvalue weighted by Crippen LogP contribution is 2.16. The second-order valence-corrected chi connectivity index (χ2v) is 6.04. The predicted molar refractivity (Wildman–Crippen MR) is 98.2 cm³/mol. The lowest BCUT2D eigenvalue weighted by Crippen LogP contribution is -2.24. The molecular weight excluding hydrogens is 406 g/mol. The number of carbonyl (C=O) groups excluding carboxylic acids is 1. The van der Waals surface area contributed by atoms with Crippen molar-refractivity contribution in [2.75, 3.05) is 0 Å². The Morgan fingerprint density at radius 2 is 2.12 bits per heavy atom. The zero-order chi connectivity index (χ0) is 18.7. The number of amides is 1. The van der Waals surface area contributed by atoms with Crippen molar-refractivity contribution in [2.24, 2.45) is 5.10 Å². The van der Waals surface area contributed by atoms with Gasteiger partial charge in [-0.1, -0.05) is 28.1 Å². The second-order valence-electron chi connectivity index (χ2n) is 5.13. The van der Waals surface area contributed by atoms with E-state index < -0.39 is 16.4 Å². The van der Waals surface area contributed by atoms with E-state index in [9.17, 15) is 19.7 Å². The zero-order valence-electron chi connectivity index (χ0n) is 13.0. The van der Waals surface area contributed by atoms with E-state index in [-0.39, 0.29) is 22.4 Å². The van der Waals surface area contributed by atoms with E-state index in [1.165, 1.54) is 18.3 Å². The van der Waals surface area contributed by atoms with Gasteiger partial charge in [0.2, 0.25) is 5.82 Å². The zero-order valence-corrected chi connectivity index (χ0v) is 14.6. The summed E-state index contributed by atoms with van der Waals surface area (Å²) < 4.78 is 0.863. The number of benzene rings is 2. The molecule has 0 aliphatic carbocycles. The Hall–Kier alpha value is -3.40. The van der Waals surface area contributed by atoms with E-state index in [0.29, 0.717) is 0 Å². The number of carbonyl (C=O) groups is 1. The topological polar surface area (TPSA) is 130 Å². The summed E-state index contributed by atoms with van der Waals surface area (Å²) in [5.41, 5.74) is 2.30. The molecule has 26 heavy (non-hydrogen) atoms. The third-order valence-corrected chi connectivity index (χ3v) is 3.84. The summed E-state index contributed by atoms with van der Waals surface area (Å²) in [5.74, 6) is -0.962. The van der Waals surface area contributed by atoms with Crippen molar-refractivity contribution in [1.82, 2.24) is 15.4 Å². The summed E-state index contributed by atoms with van der Waals surface area (Å²) in [4.78, 5) is 40.6. The molecule has 3 rings (SSSR count). The van der Waals surface area contributed by atoms with Crippen LogP contribution < -0.4 is 11.0 Å². The average Bonchev–Trinajstić information content (AvgIpc) is 2.61. The number of nitrogens with zero attached hydrogens (tertiary/aromatic N) is 3. The number of rotatable bonds is 4. The molecule has 2 N–H and O–H groups in total. The van der Waals surface area contributed by atoms with E-state index in [1.807, 2.05) is 12.1 Å². The Balaban J connectivity index is 1.83. The Kier molecular flexibility index (Phi) is 4.85. The van der Waals surface area contributed by atoms with Crippen molar-refractivity contribution in [3.63, 3.8) is 0 Å². The number of aromatic nitrogens is 2. The molecule has 1 heterocycles. The van der Waals surface area contributed by atoms with E-state index in [1.54, 1.807) is 12.1 Å². The van der Waals surface area contributed by atoms with Crippen LogP contribution in [0.3, 0.4) is 0 Å². The number of hydrazone groups is 1. The molecule has 130 valence electrons. The van der Waals surface area contributed by atoms with E-state index in [0.717, 1.165) is 16.1 Å². The first-order valence-electron chi connectivity index (χ1n) is 7.21. The first-order valence-corrected chi connectivity index (χ1v) is 8.01. The standard InChI is InChI=1S/C16H10BrN5O4/c17-10-3-1-2-9(6-10)8-18-21-16(24)14-19-13-5-4-11(22(25)26)7-12(13)15(23)20-14/h1-8H,(H,21,24)(H,19,20,23)/b18-8+. The smallest absolute Gasteiger partial charge is 0.302 e. The fourth-order valence-electron chi connectivity index (χ4n) is 2.15. The molecule has 2 aromatic carbocycles. The Morgan fingerprint density at radius 1 is 1.31 bits per heavy atom. The van der Waals surface area contributed by atoms with Gasteiger partial charge in [-0.15, -0.1) is 0 Å². The van der Waals surface area contributed by atoms with Gasteiger partial charge in [0.15, 0.2) is 0 Å². The number of non-ortho nitro benzene ring substituents is 1. The molecular formula is C16H10BrN5O4. The lowest BCUT2D eigenvalue weighted by Gasteiger charge is -2.02. The van der Waals surface area contributed by atoms with Crippen LogP contribution in [0.2, 0.25) is 0 Å². The van der Waals surface area contributed by atoms with Crippen LogP contribution in [0.25, 0.3) is 10.9 Å². The van der Waals surface area contributed by atoms with Crippen molar-refractivity contribution in [3.8, 4) is 0 Å². The Morgan fingerprint density at radius 3 is 2.85 bits per heavy atom. The summed E-state index contributed by atoms with van der Waals surface area (Å²) in [6.07, 6.45) is 1.44. The average molecular weight is 416 g/mol. The quantitative estimate of drug-likeness (QED) is 0.383. The molecule has 0 saturated carbocycles. The number of fused-ring (bicyclic) bond motifs is 1. The van der Waals surface area contributed by atoms with Crippen LogP contribution in [0.4, 0.5) is 5.69 Å². The van der Waals surface area contributed by atoms with Gasteiger partial charge < -0.3 is 4.98 Å². The SMILES string of the molecule is O=C(N/N=C/c1cccc(Br)c1)c1nc2ccc([N+](=O)[O-])cc2c(=O)[nH]1. The highest BCUT2D eigenvalue weighted by Gasteiger charge is 2.14. The van der Waals surface area contributed by atoms with Crippen LogP contribution in [-0.2, 0) is 0 Å². The van der Waals surface area contributed by atoms with Gasteiger partial charge in [-0.05, 0) is 23.8 Å². The molecule has 9 nitrogen and oxygen atoms in total. The number of halogens is 1. The molecule has 0 bridgehead atoms. The maximum atomic E-state index is 12.1. The lowest BCUT2D eigenvalue weighted by molar-refractivity contribution is -0.384. The van der Waals surface area contributed by atoms with Crippen LogP contribution in [-0.4, -0.2) is 27.0 Å². The van der Waals surface area contributed by atoms with Gasteiger partial charge in [0.1, 0.15) is 0 Å². The number of hydrogen-bond acceptors (Lipinski definition) is 6. The third kappa shape index (κ3) is 3.81. The van der Waals surface area contributed by atoms with Gasteiger partial charge in [0, 0.05) is 16.6 Å². The fourth-order valence-corrected chi connectivity index (χ4v) is 2.57. The molecule has 0 spiro atoms. The maximum Gasteiger partial charge on any atom is 0.307 e. The van der Waals surface area contributed by atoms with Gasteiger partial charge >= 0.3 is 5.91 Å². The van der Waals surface area contributed by atoms with Crippen LogP contribution in [0.15, 0.2) is 56.8 Å². The number of aromatic amines is 1. The lowest BCUT2D eigenvalue weighted by atomic mass is 10.2. The van der Waals surface area contributed by atoms with Crippen LogP contribution in [0, 0.1) is 10.1 Å². The molecule has 10 heteroatoms. The molecule has 1 amide bonds. The fraction of sp³-hybridized carbons (Fsp3) is 0. The summed E-state index contributed by atoms with van der Waals surface area (Å²) in [6, 6.07) is 10.9. The summed E-state index contributed by atoms with van der Waals surface area (Å²) >= 11 is 3.32. The molecule has 0 radical (unpaired) electrons. The van der Waals surface area contributed by atoms with Crippen molar-refractivity contribution < 1.29 is 9.72 Å². The number of nitro groups is 1. The van der Waals surface area contributed by atoms with Gasteiger partial charge in [-0.2, -0.15) is 5.10 Å². The minimum atomic E-state index is -0.714. The normalized spacial score (nSPS) is 11.0. The highest BCUT2D eigenvalue weighted by molar-refractivity contribution is 9.10. The van der Waals surface area contributed by atoms with Crippen molar-refractivity contribution >= 4 is 44.6 Å². The molecule has 0 unspecified atom stereocenters. The first kappa shape index (κ1) is 17.4. The largest absolute Gasteiger partial charge is 0.307 e. The Bertz CT molecular complexity index is 1110. The van der Waals surface area contributed by atoms with Crippen molar-refractivity contribution in [1.29, 1.82) is 0 Å². The molecule has 0 aliphatic rings. The van der Waals surface area contributed by atoms with Crippen LogP contribution in [0.1, 0.15) is 16.2 Å². The maximum absolute atomic E-state index is 12.1. The predicted octanol–water partition coefficient (Wildman–Crippen LogP) is 2.36. The number of hydrogen-bond donors (Lipinski definition) is 2. The van der Waals surface area contributed by atoms with Crippen LogP contribution in [0.5, 0.6) is 0 Å². The van der Waals surface area contributed by atoms with Crippen molar-refractivity contribution in [2.45, 2.75) is 0 Å². The monoisotopic (exact) mass is 415 g/mol. The summed E-state index contributed by atoms with van der Waals surface area (Å²) in [5, 5.41) is 14.6. The number of H-pyrrole nitrogens is 1. The minimum Gasteiger partial charge on any atom is -0.302 e. The minimum absolute atomic E-state index is 0.0217. The third-order valence-electron chi connectivity index (χ3n) is 3.34. The van der Waals surface area contributed by atoms with Gasteiger partial charge in [0.05, 0.1) is 22.0 Å². The van der Waals surface area contributed by atoms with E-state index in [2.05, 4.69) is 36.4 Å². The van der Waals surface area contributed by atoms with Gasteiger partial charge in [0.25, 0.3) is 11.2 Å². The number of nitro benzene ring substituents is 1. The van der Waals surface area contributed by atoms with Gasteiger partial charge in [-0.3, -0.25) is 19.7 Å². The molecule has 3 aromatic rings. The Labute approximate surface area is 154 Å². The van der Waals surface area contributed by atoms with Gasteiger partial charge in [-0.25, -0.2) is 10.4 Å². The van der Waals surface area contributed by atoms with E-state index >= 15 is 0 Å².